The van der Waals surface area contributed by atoms with Gasteiger partial charge in [0.2, 0.25) is 5.91 Å². The lowest BCUT2D eigenvalue weighted by atomic mass is 9.95. The monoisotopic (exact) mass is 475 g/mol. The number of thiophene rings is 2. The van der Waals surface area contributed by atoms with Crippen LogP contribution >= 0.6 is 22.7 Å². The van der Waals surface area contributed by atoms with E-state index in [1.807, 2.05) is 48.7 Å². The lowest BCUT2D eigenvalue weighted by Crippen LogP contribution is -2.37. The van der Waals surface area contributed by atoms with E-state index >= 15 is 0 Å². The molecule has 1 aromatic carbocycles. The van der Waals surface area contributed by atoms with Crippen molar-refractivity contribution in [3.8, 4) is 6.07 Å². The van der Waals surface area contributed by atoms with Gasteiger partial charge in [0.15, 0.2) is 6.10 Å². The van der Waals surface area contributed by atoms with Gasteiger partial charge >= 0.3 is 0 Å². The molecule has 0 spiro atoms. The summed E-state index contributed by atoms with van der Waals surface area (Å²) in [4.78, 5) is 37.0. The molecule has 0 N–H and O–H groups in total. The van der Waals surface area contributed by atoms with Crippen LogP contribution in [0.15, 0.2) is 41.8 Å². The van der Waals surface area contributed by atoms with Crippen LogP contribution in [0.25, 0.3) is 0 Å². The lowest BCUT2D eigenvalue weighted by Gasteiger charge is -2.28. The molecule has 2 aromatic heterocycles. The van der Waals surface area contributed by atoms with Crippen LogP contribution in [0.3, 0.4) is 0 Å². The summed E-state index contributed by atoms with van der Waals surface area (Å²) in [6, 6.07) is 13.6. The Balaban J connectivity index is 1.44. The van der Waals surface area contributed by atoms with Gasteiger partial charge in [0.25, 0.3) is 5.91 Å². The molecular weight excluding hydrogens is 454 g/mol. The number of benzene rings is 1. The van der Waals surface area contributed by atoms with Gasteiger partial charge in [0, 0.05) is 9.75 Å². The van der Waals surface area contributed by atoms with E-state index in [-0.39, 0.29) is 11.8 Å². The number of imide groups is 1. The van der Waals surface area contributed by atoms with Crippen molar-refractivity contribution in [1.29, 1.82) is 5.26 Å². The van der Waals surface area contributed by atoms with Crippen LogP contribution in [0.5, 0.6) is 0 Å². The van der Waals surface area contributed by atoms with Crippen molar-refractivity contribution in [2.75, 3.05) is 9.96 Å². The highest BCUT2D eigenvalue weighted by Gasteiger charge is 2.61. The molecule has 3 aromatic rings. The Morgan fingerprint density at radius 1 is 1.09 bits per heavy atom. The fraction of sp³-hybridized carbons (Fsp3) is 0.320. The van der Waals surface area contributed by atoms with Crippen molar-refractivity contribution in [3.05, 3.63) is 68.2 Å². The van der Waals surface area contributed by atoms with Crippen molar-refractivity contribution in [3.63, 3.8) is 0 Å². The van der Waals surface area contributed by atoms with Crippen molar-refractivity contribution < 1.29 is 14.4 Å². The second-order valence-corrected chi connectivity index (χ2v) is 10.7. The standard InChI is InChI=1S/C25H21N3O3S2/c1-14-7-2-4-9-17(14)28-21(19-11-6-12-32-19)20-22(31-28)24(30)27(23(20)29)25-16(13-26)15-8-3-5-10-18(15)33-25/h2,4,6-7,9,11-12,20-22H,3,5,8,10H2,1H3/t20-,21-,22-/m0/s1. The maximum atomic E-state index is 13.8. The first-order valence-corrected chi connectivity index (χ1v) is 12.8. The molecular formula is C25H21N3O3S2. The minimum absolute atomic E-state index is 0.283. The third-order valence-electron chi connectivity index (χ3n) is 6.77. The molecule has 0 unspecified atom stereocenters. The van der Waals surface area contributed by atoms with E-state index in [2.05, 4.69) is 6.07 Å². The van der Waals surface area contributed by atoms with E-state index < -0.39 is 18.1 Å². The molecule has 4 heterocycles. The van der Waals surface area contributed by atoms with Crippen LogP contribution in [0.4, 0.5) is 10.7 Å². The second-order valence-electron chi connectivity index (χ2n) is 8.64. The number of para-hydroxylation sites is 1. The summed E-state index contributed by atoms with van der Waals surface area (Å²) in [5.41, 5.74) is 3.36. The smallest absolute Gasteiger partial charge is 0.267 e. The Kier molecular flexibility index (Phi) is 4.87. The molecule has 0 radical (unpaired) electrons. The van der Waals surface area contributed by atoms with Crippen LogP contribution in [0, 0.1) is 24.2 Å². The Hall–Kier alpha value is -2.99. The first kappa shape index (κ1) is 20.6. The van der Waals surface area contributed by atoms with Crippen molar-refractivity contribution in [2.24, 2.45) is 5.92 Å². The van der Waals surface area contributed by atoms with E-state index in [0.29, 0.717) is 10.6 Å². The Bertz CT molecular complexity index is 1310. The summed E-state index contributed by atoms with van der Waals surface area (Å²) in [6.45, 7) is 1.99. The summed E-state index contributed by atoms with van der Waals surface area (Å²) in [6.07, 6.45) is 2.91. The largest absolute Gasteiger partial charge is 0.273 e. The number of carbonyl (C=O) groups excluding carboxylic acids is 2. The molecule has 0 bridgehead atoms. The van der Waals surface area contributed by atoms with Gasteiger partial charge in [-0.2, -0.15) is 5.26 Å². The molecule has 1 aliphatic carbocycles. The Labute approximate surface area is 199 Å². The van der Waals surface area contributed by atoms with E-state index in [1.54, 1.807) is 16.4 Å². The number of nitriles is 1. The number of hydrogen-bond acceptors (Lipinski definition) is 7. The van der Waals surface area contributed by atoms with Crippen molar-refractivity contribution in [1.82, 2.24) is 0 Å². The van der Waals surface area contributed by atoms with Crippen LogP contribution in [-0.2, 0) is 27.3 Å². The predicted octanol–water partition coefficient (Wildman–Crippen LogP) is 4.92. The van der Waals surface area contributed by atoms with Crippen molar-refractivity contribution >= 4 is 45.2 Å². The highest BCUT2D eigenvalue weighted by molar-refractivity contribution is 7.17. The number of hydrogen-bond donors (Lipinski definition) is 0. The van der Waals surface area contributed by atoms with Gasteiger partial charge in [0.1, 0.15) is 23.0 Å². The van der Waals surface area contributed by atoms with E-state index in [0.717, 1.165) is 52.3 Å². The molecule has 2 amide bonds. The minimum atomic E-state index is -0.908. The number of rotatable bonds is 3. The number of nitrogens with zero attached hydrogens (tertiary/aromatic N) is 3. The van der Waals surface area contributed by atoms with Crippen LogP contribution < -0.4 is 9.96 Å². The van der Waals surface area contributed by atoms with Gasteiger partial charge in [-0.1, -0.05) is 24.3 Å². The summed E-state index contributed by atoms with van der Waals surface area (Å²) in [5.74, 6) is -1.33. The normalized spacial score (nSPS) is 24.2. The third-order valence-corrected chi connectivity index (χ3v) is 8.99. The molecule has 6 nitrogen and oxygen atoms in total. The average Bonchev–Trinajstić information content (AvgIpc) is 3.58. The average molecular weight is 476 g/mol. The summed E-state index contributed by atoms with van der Waals surface area (Å²) < 4.78 is 0. The molecule has 33 heavy (non-hydrogen) atoms. The number of amides is 2. The predicted molar refractivity (Wildman–Crippen MR) is 127 cm³/mol. The zero-order valence-electron chi connectivity index (χ0n) is 18.0. The molecule has 2 aliphatic heterocycles. The zero-order valence-corrected chi connectivity index (χ0v) is 19.6. The molecule has 166 valence electrons. The number of anilines is 2. The van der Waals surface area contributed by atoms with E-state index in [4.69, 9.17) is 4.84 Å². The molecule has 3 aliphatic rings. The van der Waals surface area contributed by atoms with Gasteiger partial charge in [-0.25, -0.2) is 9.96 Å². The van der Waals surface area contributed by atoms with Gasteiger partial charge in [0.05, 0.1) is 11.3 Å². The van der Waals surface area contributed by atoms with E-state index in [1.165, 1.54) is 16.2 Å². The molecule has 0 saturated carbocycles. The van der Waals surface area contributed by atoms with Gasteiger partial charge in [-0.15, -0.1) is 22.7 Å². The first-order valence-electron chi connectivity index (χ1n) is 11.1. The summed E-state index contributed by atoms with van der Waals surface area (Å²) >= 11 is 2.97. The third kappa shape index (κ3) is 3.00. The van der Waals surface area contributed by atoms with Gasteiger partial charge in [-0.3, -0.25) is 14.4 Å². The first-order chi connectivity index (χ1) is 16.1. The van der Waals surface area contributed by atoms with Crippen molar-refractivity contribution in [2.45, 2.75) is 44.8 Å². The fourth-order valence-corrected chi connectivity index (χ4v) is 7.41. The maximum absolute atomic E-state index is 13.8. The number of carbonyl (C=O) groups is 2. The number of hydroxylamine groups is 1. The van der Waals surface area contributed by atoms with Gasteiger partial charge < -0.3 is 0 Å². The molecule has 2 fully saturated rings. The maximum Gasteiger partial charge on any atom is 0.267 e. The molecule has 2 saturated heterocycles. The SMILES string of the molecule is Cc1ccccc1N1O[C@@H]2C(=O)N(c3sc4c(c3C#N)CCCC4)C(=O)[C@H]2[C@@H]1c1cccs1. The van der Waals surface area contributed by atoms with Crippen LogP contribution in [0.2, 0.25) is 0 Å². The lowest BCUT2D eigenvalue weighted by molar-refractivity contribution is -0.126. The molecule has 6 rings (SSSR count). The molecule has 8 heteroatoms. The van der Waals surface area contributed by atoms with Crippen LogP contribution in [-0.4, -0.2) is 17.9 Å². The summed E-state index contributed by atoms with van der Waals surface area (Å²) in [5, 5.41) is 14.1. The quantitative estimate of drug-likeness (QED) is 0.503. The topological polar surface area (TPSA) is 73.6 Å². The molecule has 3 atom stereocenters. The summed E-state index contributed by atoms with van der Waals surface area (Å²) in [7, 11) is 0. The highest BCUT2D eigenvalue weighted by Crippen LogP contribution is 2.51. The van der Waals surface area contributed by atoms with Crippen LogP contribution in [0.1, 0.15) is 45.3 Å². The zero-order chi connectivity index (χ0) is 22.7. The van der Waals surface area contributed by atoms with E-state index in [9.17, 15) is 14.9 Å². The fourth-order valence-electron chi connectivity index (χ4n) is 5.21. The highest BCUT2D eigenvalue weighted by atomic mass is 32.1. The Morgan fingerprint density at radius 2 is 1.91 bits per heavy atom. The van der Waals surface area contributed by atoms with Gasteiger partial charge in [-0.05, 0) is 61.2 Å². The Morgan fingerprint density at radius 3 is 2.67 bits per heavy atom. The minimum Gasteiger partial charge on any atom is -0.273 e. The number of aryl methyl sites for hydroxylation is 2. The second kappa shape index (κ2) is 7.80. The number of fused-ring (bicyclic) bond motifs is 2.